The zero-order valence-electron chi connectivity index (χ0n) is 11.7. The summed E-state index contributed by atoms with van der Waals surface area (Å²) in [5.74, 6) is 1.67. The molecule has 1 saturated carbocycles. The summed E-state index contributed by atoms with van der Waals surface area (Å²) in [6.45, 7) is 2.77. The second kappa shape index (κ2) is 6.16. The third-order valence-corrected chi connectivity index (χ3v) is 4.06. The largest absolute Gasteiger partial charge is 0.493 e. The molecule has 0 spiro atoms. The number of amides is 1. The second-order valence-corrected chi connectivity index (χ2v) is 5.64. The van der Waals surface area contributed by atoms with Crippen LogP contribution in [0.1, 0.15) is 31.2 Å². The van der Waals surface area contributed by atoms with Crippen LogP contribution in [0, 0.1) is 5.92 Å². The number of nitrogens with zero attached hydrogens (tertiary/aromatic N) is 1. The third kappa shape index (κ3) is 3.24. The Balaban J connectivity index is 1.51. The molecule has 0 atom stereocenters. The van der Waals surface area contributed by atoms with Crippen LogP contribution in [0.4, 0.5) is 4.79 Å². The summed E-state index contributed by atoms with van der Waals surface area (Å²) in [5, 5.41) is 0. The molecule has 1 aliphatic carbocycles. The fraction of sp³-hybridized carbons (Fsp3) is 0.562. The molecule has 4 heteroatoms. The van der Waals surface area contributed by atoms with Gasteiger partial charge >= 0.3 is 6.09 Å². The summed E-state index contributed by atoms with van der Waals surface area (Å²) in [4.78, 5) is 13.3. The van der Waals surface area contributed by atoms with Gasteiger partial charge in [0.05, 0.1) is 13.2 Å². The molecule has 2 aliphatic rings. The Hall–Kier alpha value is -1.71. The van der Waals surface area contributed by atoms with Crippen molar-refractivity contribution in [2.45, 2.75) is 32.2 Å². The standard InChI is InChI=1S/C16H21NO3/c18-16-17(9-2-10-19-16)11-13-5-7-15(8-6-13)20-12-14-3-1-4-14/h5-8,14H,1-4,9-12H2. The van der Waals surface area contributed by atoms with Gasteiger partial charge in [-0.05, 0) is 42.9 Å². The van der Waals surface area contributed by atoms with Crippen molar-refractivity contribution in [1.82, 2.24) is 4.90 Å². The Morgan fingerprint density at radius 1 is 1.20 bits per heavy atom. The first-order chi connectivity index (χ1) is 9.81. The van der Waals surface area contributed by atoms with Crippen LogP contribution in [0.25, 0.3) is 0 Å². The predicted octanol–water partition coefficient (Wildman–Crippen LogP) is 3.21. The molecule has 4 nitrogen and oxygen atoms in total. The molecule has 2 fully saturated rings. The minimum absolute atomic E-state index is 0.207. The summed E-state index contributed by atoms with van der Waals surface area (Å²) in [5.41, 5.74) is 1.11. The van der Waals surface area contributed by atoms with Crippen molar-refractivity contribution >= 4 is 6.09 Å². The van der Waals surface area contributed by atoms with Crippen LogP contribution < -0.4 is 4.74 Å². The van der Waals surface area contributed by atoms with Gasteiger partial charge in [0.1, 0.15) is 5.75 Å². The molecule has 0 unspecified atom stereocenters. The molecular formula is C16H21NO3. The molecule has 1 aliphatic heterocycles. The van der Waals surface area contributed by atoms with Crippen LogP contribution >= 0.6 is 0 Å². The van der Waals surface area contributed by atoms with Crippen molar-refractivity contribution in [3.8, 4) is 5.75 Å². The van der Waals surface area contributed by atoms with Crippen molar-refractivity contribution in [2.75, 3.05) is 19.8 Å². The number of hydrogen-bond donors (Lipinski definition) is 0. The van der Waals surface area contributed by atoms with E-state index in [2.05, 4.69) is 0 Å². The summed E-state index contributed by atoms with van der Waals surface area (Å²) in [6.07, 6.45) is 4.65. The maximum Gasteiger partial charge on any atom is 0.410 e. The van der Waals surface area contributed by atoms with Crippen molar-refractivity contribution in [3.63, 3.8) is 0 Å². The first-order valence-corrected chi connectivity index (χ1v) is 7.45. The van der Waals surface area contributed by atoms with E-state index in [1.54, 1.807) is 4.90 Å². The number of hydrogen-bond acceptors (Lipinski definition) is 3. The molecule has 1 amide bonds. The lowest BCUT2D eigenvalue weighted by Gasteiger charge is -2.26. The average Bonchev–Trinajstić information content (AvgIpc) is 2.41. The Labute approximate surface area is 119 Å². The van der Waals surface area contributed by atoms with Gasteiger partial charge in [-0.15, -0.1) is 0 Å². The number of carbonyl (C=O) groups is 1. The molecule has 1 aromatic carbocycles. The highest BCUT2D eigenvalue weighted by atomic mass is 16.6. The normalized spacial score (nSPS) is 19.4. The molecule has 0 aromatic heterocycles. The SMILES string of the molecule is O=C1OCCCN1Cc1ccc(OCC2CCC2)cc1. The number of benzene rings is 1. The highest BCUT2D eigenvalue weighted by Crippen LogP contribution is 2.27. The summed E-state index contributed by atoms with van der Waals surface area (Å²) in [7, 11) is 0. The molecule has 0 N–H and O–H groups in total. The lowest BCUT2D eigenvalue weighted by molar-refractivity contribution is 0.0700. The van der Waals surface area contributed by atoms with Gasteiger partial charge < -0.3 is 14.4 Å². The Bertz CT molecular complexity index is 453. The molecule has 1 saturated heterocycles. The Morgan fingerprint density at radius 3 is 2.65 bits per heavy atom. The molecular weight excluding hydrogens is 254 g/mol. The topological polar surface area (TPSA) is 38.8 Å². The monoisotopic (exact) mass is 275 g/mol. The van der Waals surface area contributed by atoms with Crippen molar-refractivity contribution in [2.24, 2.45) is 5.92 Å². The fourth-order valence-electron chi connectivity index (χ4n) is 2.53. The van der Waals surface area contributed by atoms with E-state index in [0.717, 1.165) is 36.8 Å². The van der Waals surface area contributed by atoms with E-state index in [4.69, 9.17) is 9.47 Å². The van der Waals surface area contributed by atoms with Crippen molar-refractivity contribution < 1.29 is 14.3 Å². The quantitative estimate of drug-likeness (QED) is 0.828. The first-order valence-electron chi connectivity index (χ1n) is 7.45. The van der Waals surface area contributed by atoms with Gasteiger partial charge in [-0.2, -0.15) is 0 Å². The van der Waals surface area contributed by atoms with E-state index in [0.29, 0.717) is 13.2 Å². The third-order valence-electron chi connectivity index (χ3n) is 4.06. The van der Waals surface area contributed by atoms with Crippen LogP contribution in [0.2, 0.25) is 0 Å². The Kier molecular flexibility index (Phi) is 4.09. The van der Waals surface area contributed by atoms with Crippen LogP contribution in [-0.2, 0) is 11.3 Å². The van der Waals surface area contributed by atoms with Crippen LogP contribution in [0.15, 0.2) is 24.3 Å². The smallest absolute Gasteiger partial charge is 0.410 e. The lowest BCUT2D eigenvalue weighted by Crippen LogP contribution is -2.37. The van der Waals surface area contributed by atoms with E-state index < -0.39 is 0 Å². The molecule has 1 heterocycles. The number of ether oxygens (including phenoxy) is 2. The first kappa shape index (κ1) is 13.3. The van der Waals surface area contributed by atoms with E-state index in [1.165, 1.54) is 19.3 Å². The van der Waals surface area contributed by atoms with Gasteiger partial charge in [0, 0.05) is 13.1 Å². The zero-order valence-corrected chi connectivity index (χ0v) is 11.7. The number of rotatable bonds is 5. The average molecular weight is 275 g/mol. The second-order valence-electron chi connectivity index (χ2n) is 5.64. The predicted molar refractivity (Wildman–Crippen MR) is 75.7 cm³/mol. The summed E-state index contributed by atoms with van der Waals surface area (Å²) >= 11 is 0. The summed E-state index contributed by atoms with van der Waals surface area (Å²) < 4.78 is 10.8. The van der Waals surface area contributed by atoms with Gasteiger partial charge in [0.2, 0.25) is 0 Å². The molecule has 1 aromatic rings. The summed E-state index contributed by atoms with van der Waals surface area (Å²) in [6, 6.07) is 8.03. The van der Waals surface area contributed by atoms with E-state index in [1.807, 2.05) is 24.3 Å². The Morgan fingerprint density at radius 2 is 2.00 bits per heavy atom. The minimum atomic E-state index is -0.207. The molecule has 108 valence electrons. The van der Waals surface area contributed by atoms with Crippen LogP contribution in [0.5, 0.6) is 5.75 Å². The fourth-order valence-corrected chi connectivity index (χ4v) is 2.53. The minimum Gasteiger partial charge on any atom is -0.493 e. The van der Waals surface area contributed by atoms with E-state index in [-0.39, 0.29) is 6.09 Å². The van der Waals surface area contributed by atoms with Gasteiger partial charge in [0.15, 0.2) is 0 Å². The van der Waals surface area contributed by atoms with Gasteiger partial charge in [0.25, 0.3) is 0 Å². The molecule has 20 heavy (non-hydrogen) atoms. The number of cyclic esters (lactones) is 1. The highest BCUT2D eigenvalue weighted by Gasteiger charge is 2.20. The lowest BCUT2D eigenvalue weighted by atomic mass is 9.86. The van der Waals surface area contributed by atoms with E-state index >= 15 is 0 Å². The molecule has 0 bridgehead atoms. The highest BCUT2D eigenvalue weighted by molar-refractivity contribution is 5.68. The van der Waals surface area contributed by atoms with Crippen LogP contribution in [0.3, 0.4) is 0 Å². The van der Waals surface area contributed by atoms with Crippen LogP contribution in [-0.4, -0.2) is 30.8 Å². The van der Waals surface area contributed by atoms with Gasteiger partial charge in [-0.1, -0.05) is 18.6 Å². The van der Waals surface area contributed by atoms with Gasteiger partial charge in [-0.3, -0.25) is 0 Å². The van der Waals surface area contributed by atoms with Crippen molar-refractivity contribution in [3.05, 3.63) is 29.8 Å². The zero-order chi connectivity index (χ0) is 13.8. The van der Waals surface area contributed by atoms with E-state index in [9.17, 15) is 4.79 Å². The maximum atomic E-state index is 11.6. The molecule has 3 rings (SSSR count). The van der Waals surface area contributed by atoms with Crippen molar-refractivity contribution in [1.29, 1.82) is 0 Å². The molecule has 0 radical (unpaired) electrons. The van der Waals surface area contributed by atoms with Gasteiger partial charge in [-0.25, -0.2) is 4.79 Å². The number of carbonyl (C=O) groups excluding carboxylic acids is 1. The maximum absolute atomic E-state index is 11.6.